The van der Waals surface area contributed by atoms with Crippen LogP contribution in [0.3, 0.4) is 0 Å². The number of fused-ring (bicyclic) bond motifs is 3. The first kappa shape index (κ1) is 31.4. The first-order valence-corrected chi connectivity index (χ1v) is 15.3. The fraction of sp³-hybridized carbons (Fsp3) is 0.235. The fourth-order valence-corrected chi connectivity index (χ4v) is 6.20. The van der Waals surface area contributed by atoms with Gasteiger partial charge in [0.05, 0.1) is 32.3 Å². The van der Waals surface area contributed by atoms with Crippen molar-refractivity contribution < 1.29 is 28.9 Å². The number of thioether (sulfide) groups is 1. The molecule has 0 aliphatic heterocycles. The van der Waals surface area contributed by atoms with E-state index in [2.05, 4.69) is 5.32 Å². The Hall–Kier alpha value is -5.03. The van der Waals surface area contributed by atoms with Gasteiger partial charge in [0.15, 0.2) is 16.9 Å². The summed E-state index contributed by atoms with van der Waals surface area (Å²) in [6.07, 6.45) is 2.85. The summed E-state index contributed by atoms with van der Waals surface area (Å²) in [4.78, 5) is 43.4. The lowest BCUT2D eigenvalue weighted by Crippen LogP contribution is -2.29. The summed E-state index contributed by atoms with van der Waals surface area (Å²) in [5.74, 6) is 1.00. The lowest BCUT2D eigenvalue weighted by atomic mass is 9.95. The van der Waals surface area contributed by atoms with Gasteiger partial charge in [0, 0.05) is 11.1 Å². The molecule has 0 bridgehead atoms. The fourth-order valence-electron chi connectivity index (χ4n) is 5.73. The second kappa shape index (κ2) is 13.7. The van der Waals surface area contributed by atoms with Gasteiger partial charge in [-0.15, -0.1) is 21.9 Å². The van der Waals surface area contributed by atoms with Gasteiger partial charge in [-0.1, -0.05) is 42.5 Å². The van der Waals surface area contributed by atoms with Crippen molar-refractivity contribution in [3.8, 4) is 39.5 Å². The van der Waals surface area contributed by atoms with Crippen LogP contribution < -0.4 is 25.0 Å². The minimum Gasteiger partial charge on any atom is -0.493 e. The summed E-state index contributed by atoms with van der Waals surface area (Å²) in [6, 6.07) is 21.0. The normalized spacial score (nSPS) is 13.5. The molecule has 0 fully saturated rings. The second-order valence-electron chi connectivity index (χ2n) is 10.3. The van der Waals surface area contributed by atoms with Crippen LogP contribution in [-0.4, -0.2) is 38.6 Å². The topological polar surface area (TPSA) is 126 Å². The lowest BCUT2D eigenvalue weighted by molar-refractivity contribution is -0.763. The highest BCUT2D eigenvalue weighted by Gasteiger charge is 2.30. The SMILES string of the molecule is COc1cc2c(c(OC)c1OC)-c1ccc(SC)c(=O)cc1[C@@H](NC(=O)c1ccc(-c3ccccc3)c(CO[N+](=O)[O-])c1)CC2. The van der Waals surface area contributed by atoms with Crippen molar-refractivity contribution in [2.45, 2.75) is 30.4 Å². The van der Waals surface area contributed by atoms with Gasteiger partial charge in [0.1, 0.15) is 6.61 Å². The molecule has 45 heavy (non-hydrogen) atoms. The maximum atomic E-state index is 13.8. The van der Waals surface area contributed by atoms with Crippen LogP contribution in [0.15, 0.2) is 82.5 Å². The number of aryl methyl sites for hydroxylation is 1. The van der Waals surface area contributed by atoms with Crippen molar-refractivity contribution in [3.05, 3.63) is 115 Å². The average molecular weight is 629 g/mol. The first-order valence-electron chi connectivity index (χ1n) is 14.1. The third kappa shape index (κ3) is 6.44. The van der Waals surface area contributed by atoms with Crippen LogP contribution in [0, 0.1) is 10.1 Å². The van der Waals surface area contributed by atoms with E-state index in [1.54, 1.807) is 44.6 Å². The molecule has 0 aromatic heterocycles. The molecule has 0 heterocycles. The van der Waals surface area contributed by atoms with Gasteiger partial charge in [-0.05, 0) is 82.8 Å². The van der Waals surface area contributed by atoms with Gasteiger partial charge in [-0.3, -0.25) is 9.59 Å². The summed E-state index contributed by atoms with van der Waals surface area (Å²) in [5, 5.41) is 13.3. The number of nitrogens with one attached hydrogen (secondary N) is 1. The molecule has 11 heteroatoms. The number of hydrogen-bond donors (Lipinski definition) is 1. The average Bonchev–Trinajstić information content (AvgIpc) is 3.30. The molecule has 1 aliphatic carbocycles. The predicted octanol–water partition coefficient (Wildman–Crippen LogP) is 6.25. The van der Waals surface area contributed by atoms with E-state index in [1.165, 1.54) is 18.9 Å². The number of carbonyl (C=O) groups is 1. The zero-order chi connectivity index (χ0) is 32.1. The Balaban J connectivity index is 1.60. The molecule has 4 aromatic carbocycles. The molecule has 1 atom stereocenters. The summed E-state index contributed by atoms with van der Waals surface area (Å²) < 4.78 is 17.1. The van der Waals surface area contributed by atoms with Crippen LogP contribution in [0.2, 0.25) is 0 Å². The Morgan fingerprint density at radius 3 is 2.36 bits per heavy atom. The number of amides is 1. The maximum Gasteiger partial charge on any atom is 0.294 e. The first-order chi connectivity index (χ1) is 21.8. The van der Waals surface area contributed by atoms with E-state index in [0.29, 0.717) is 57.2 Å². The predicted molar refractivity (Wildman–Crippen MR) is 172 cm³/mol. The molecule has 10 nitrogen and oxygen atoms in total. The van der Waals surface area contributed by atoms with Gasteiger partial charge in [0.25, 0.3) is 11.0 Å². The number of carbonyl (C=O) groups excluding carboxylic acids is 1. The van der Waals surface area contributed by atoms with Crippen LogP contribution in [0.5, 0.6) is 17.2 Å². The van der Waals surface area contributed by atoms with Crippen molar-refractivity contribution in [3.63, 3.8) is 0 Å². The Labute approximate surface area is 264 Å². The van der Waals surface area contributed by atoms with Crippen LogP contribution in [0.25, 0.3) is 22.3 Å². The monoisotopic (exact) mass is 628 g/mol. The molecule has 0 radical (unpaired) electrons. The number of ether oxygens (including phenoxy) is 3. The van der Waals surface area contributed by atoms with Gasteiger partial charge in [0.2, 0.25) is 5.75 Å². The zero-order valence-corrected chi connectivity index (χ0v) is 26.1. The van der Waals surface area contributed by atoms with Gasteiger partial charge in [-0.2, -0.15) is 0 Å². The summed E-state index contributed by atoms with van der Waals surface area (Å²) in [7, 11) is 4.64. The highest BCUT2D eigenvalue weighted by Crippen LogP contribution is 2.50. The molecule has 4 aromatic rings. The second-order valence-corrected chi connectivity index (χ2v) is 11.1. The Kier molecular flexibility index (Phi) is 9.58. The van der Waals surface area contributed by atoms with Crippen LogP contribution in [-0.2, 0) is 17.9 Å². The number of nitrogens with zero attached hydrogens (tertiary/aromatic N) is 1. The third-order valence-corrected chi connectivity index (χ3v) is 8.58. The highest BCUT2D eigenvalue weighted by atomic mass is 32.2. The van der Waals surface area contributed by atoms with Crippen LogP contribution >= 0.6 is 11.8 Å². The molecular formula is C34H32N2O8S. The number of rotatable bonds is 10. The molecule has 1 N–H and O–H groups in total. The van der Waals surface area contributed by atoms with Gasteiger partial charge < -0.3 is 24.4 Å². The Morgan fingerprint density at radius 2 is 1.69 bits per heavy atom. The van der Waals surface area contributed by atoms with E-state index in [9.17, 15) is 19.7 Å². The molecule has 0 saturated heterocycles. The smallest absolute Gasteiger partial charge is 0.294 e. The quantitative estimate of drug-likeness (QED) is 0.123. The molecule has 0 unspecified atom stereocenters. The molecule has 5 rings (SSSR count). The van der Waals surface area contributed by atoms with E-state index in [-0.39, 0.29) is 12.0 Å². The van der Waals surface area contributed by atoms with Crippen LogP contribution in [0.1, 0.15) is 39.5 Å². The van der Waals surface area contributed by atoms with Crippen molar-refractivity contribution in [2.24, 2.45) is 0 Å². The van der Waals surface area contributed by atoms with Crippen molar-refractivity contribution in [1.82, 2.24) is 5.32 Å². The molecule has 1 amide bonds. The third-order valence-electron chi connectivity index (χ3n) is 7.80. The molecule has 0 spiro atoms. The minimum atomic E-state index is -0.858. The lowest BCUT2D eigenvalue weighted by Gasteiger charge is -2.20. The molecule has 0 saturated carbocycles. The van der Waals surface area contributed by atoms with E-state index in [1.807, 2.05) is 48.7 Å². The molecule has 1 aliphatic rings. The Bertz CT molecular complexity index is 1810. The van der Waals surface area contributed by atoms with Crippen LogP contribution in [0.4, 0.5) is 0 Å². The number of hydrogen-bond acceptors (Lipinski definition) is 9. The minimum absolute atomic E-state index is 0.169. The standard InChI is InChI=1S/C34H32N2O8S/c1-41-29-17-21-11-14-27(26-18-28(37)30(45-4)15-13-25(26)31(21)33(43-3)32(29)42-2)35-34(38)22-10-12-24(20-8-6-5-7-9-20)23(16-22)19-44-36(39)40/h5-10,12-13,15-18,27H,11,14,19H2,1-4H3,(H,35,38)/t27-/m0/s1. The summed E-state index contributed by atoms with van der Waals surface area (Å²) in [5.41, 5.74) is 5.20. The number of methoxy groups -OCH3 is 3. The summed E-state index contributed by atoms with van der Waals surface area (Å²) in [6.45, 7) is -0.323. The van der Waals surface area contributed by atoms with Gasteiger partial charge >= 0.3 is 0 Å². The van der Waals surface area contributed by atoms with E-state index in [4.69, 9.17) is 19.0 Å². The number of benzene rings is 3. The van der Waals surface area contributed by atoms with Crippen molar-refractivity contribution in [2.75, 3.05) is 27.6 Å². The largest absolute Gasteiger partial charge is 0.493 e. The van der Waals surface area contributed by atoms with E-state index in [0.717, 1.165) is 22.3 Å². The molecule has 232 valence electrons. The van der Waals surface area contributed by atoms with Crippen molar-refractivity contribution in [1.29, 1.82) is 0 Å². The van der Waals surface area contributed by atoms with E-state index >= 15 is 0 Å². The highest BCUT2D eigenvalue weighted by molar-refractivity contribution is 7.98. The summed E-state index contributed by atoms with van der Waals surface area (Å²) >= 11 is 1.34. The maximum absolute atomic E-state index is 13.8. The molecular weight excluding hydrogens is 596 g/mol. The zero-order valence-electron chi connectivity index (χ0n) is 25.2. The van der Waals surface area contributed by atoms with Gasteiger partial charge in [-0.25, -0.2) is 0 Å². The van der Waals surface area contributed by atoms with Crippen molar-refractivity contribution >= 4 is 17.7 Å². The van der Waals surface area contributed by atoms with E-state index < -0.39 is 17.0 Å². The Morgan fingerprint density at radius 1 is 0.956 bits per heavy atom.